The molecule has 102 valence electrons. The first kappa shape index (κ1) is 13.4. The highest BCUT2D eigenvalue weighted by Gasteiger charge is 2.19. The summed E-state index contributed by atoms with van der Waals surface area (Å²) in [5.41, 5.74) is 5.84. The second kappa shape index (κ2) is 5.31. The second-order valence-corrected chi connectivity index (χ2v) is 4.02. The number of hydrogen-bond donors (Lipinski definition) is 3. The maximum absolute atomic E-state index is 11.6. The van der Waals surface area contributed by atoms with Gasteiger partial charge in [-0.1, -0.05) is 18.2 Å². The largest absolute Gasteiger partial charge is 0.506 e. The Bertz CT molecular complexity index is 655. The maximum atomic E-state index is 11.6. The van der Waals surface area contributed by atoms with Crippen LogP contribution in [0.1, 0.15) is 10.4 Å². The number of rotatable bonds is 3. The Labute approximate surface area is 114 Å². The molecule has 0 aromatic heterocycles. The third-order valence-electron chi connectivity index (χ3n) is 2.70. The van der Waals surface area contributed by atoms with Crippen molar-refractivity contribution in [1.82, 2.24) is 0 Å². The summed E-state index contributed by atoms with van der Waals surface area (Å²) in [6.45, 7) is 0. The number of anilines is 2. The number of nitrogens with two attached hydrogens (primary N) is 1. The van der Waals surface area contributed by atoms with Crippen LogP contribution in [0.5, 0.6) is 5.75 Å². The number of carboxylic acid groups (broad SMARTS) is 1. The van der Waals surface area contributed by atoms with Gasteiger partial charge in [0, 0.05) is 0 Å². The minimum absolute atomic E-state index is 0.0799. The number of urea groups is 1. The fourth-order valence-corrected chi connectivity index (χ4v) is 1.81. The molecule has 0 aliphatic heterocycles. The van der Waals surface area contributed by atoms with Crippen LogP contribution < -0.4 is 10.6 Å². The Morgan fingerprint density at radius 3 is 2.20 bits per heavy atom. The van der Waals surface area contributed by atoms with E-state index in [1.54, 1.807) is 30.3 Å². The molecule has 0 saturated heterocycles. The Hall–Kier alpha value is -3.02. The number of aromatic hydroxyl groups is 1. The first-order valence-electron chi connectivity index (χ1n) is 5.71. The zero-order valence-electron chi connectivity index (χ0n) is 10.4. The molecule has 2 aromatic carbocycles. The predicted molar refractivity (Wildman–Crippen MR) is 73.2 cm³/mol. The third-order valence-corrected chi connectivity index (χ3v) is 2.70. The lowest BCUT2D eigenvalue weighted by Gasteiger charge is -2.21. The third kappa shape index (κ3) is 2.54. The first-order chi connectivity index (χ1) is 9.50. The van der Waals surface area contributed by atoms with Crippen molar-refractivity contribution in [3.8, 4) is 5.75 Å². The van der Waals surface area contributed by atoms with Crippen LogP contribution in [0.2, 0.25) is 0 Å². The van der Waals surface area contributed by atoms with Crippen molar-refractivity contribution < 1.29 is 19.8 Å². The molecular formula is C14H12N2O4. The SMILES string of the molecule is NC(=O)N(c1ccccc1)c1ccc(C(=O)O)cc1O. The van der Waals surface area contributed by atoms with Crippen molar-refractivity contribution in [3.05, 3.63) is 54.1 Å². The molecule has 0 unspecified atom stereocenters. The van der Waals surface area contributed by atoms with Crippen molar-refractivity contribution in [2.24, 2.45) is 5.73 Å². The number of primary amides is 1. The number of carboxylic acids is 1. The number of nitrogens with zero attached hydrogens (tertiary/aromatic N) is 1. The molecule has 4 N–H and O–H groups in total. The first-order valence-corrected chi connectivity index (χ1v) is 5.71. The summed E-state index contributed by atoms with van der Waals surface area (Å²) in [6, 6.07) is 11.4. The molecule has 0 bridgehead atoms. The Morgan fingerprint density at radius 2 is 1.70 bits per heavy atom. The summed E-state index contributed by atoms with van der Waals surface area (Å²) in [5, 5.41) is 18.8. The Morgan fingerprint density at radius 1 is 1.05 bits per heavy atom. The van der Waals surface area contributed by atoms with Gasteiger partial charge in [0.1, 0.15) is 5.75 Å². The van der Waals surface area contributed by atoms with E-state index in [1.165, 1.54) is 12.1 Å². The average Bonchev–Trinajstić information content (AvgIpc) is 2.41. The fraction of sp³-hybridized carbons (Fsp3) is 0. The van der Waals surface area contributed by atoms with Crippen molar-refractivity contribution in [2.45, 2.75) is 0 Å². The average molecular weight is 272 g/mol. The number of carbonyl (C=O) groups is 2. The molecular weight excluding hydrogens is 260 g/mol. The minimum Gasteiger partial charge on any atom is -0.506 e. The van der Waals surface area contributed by atoms with Gasteiger partial charge in [-0.15, -0.1) is 0 Å². The van der Waals surface area contributed by atoms with Crippen LogP contribution in [-0.2, 0) is 0 Å². The van der Waals surface area contributed by atoms with Crippen molar-refractivity contribution in [1.29, 1.82) is 0 Å². The molecule has 2 amide bonds. The number of phenolic OH excluding ortho intramolecular Hbond substituents is 1. The van der Waals surface area contributed by atoms with E-state index in [2.05, 4.69) is 0 Å². The number of hydrogen-bond acceptors (Lipinski definition) is 3. The monoisotopic (exact) mass is 272 g/mol. The molecule has 20 heavy (non-hydrogen) atoms. The molecule has 0 saturated carbocycles. The van der Waals surface area contributed by atoms with E-state index in [-0.39, 0.29) is 17.0 Å². The minimum atomic E-state index is -1.17. The molecule has 0 radical (unpaired) electrons. The summed E-state index contributed by atoms with van der Waals surface area (Å²) >= 11 is 0. The van der Waals surface area contributed by atoms with Gasteiger partial charge >= 0.3 is 12.0 Å². The van der Waals surface area contributed by atoms with E-state index in [1.807, 2.05) is 0 Å². The van der Waals surface area contributed by atoms with Crippen LogP contribution in [0.15, 0.2) is 48.5 Å². The Balaban J connectivity index is 2.51. The van der Waals surface area contributed by atoms with Gasteiger partial charge in [-0.2, -0.15) is 0 Å². The van der Waals surface area contributed by atoms with Crippen LogP contribution in [0.4, 0.5) is 16.2 Å². The van der Waals surface area contributed by atoms with Crippen LogP contribution in [0, 0.1) is 0 Å². The number of benzene rings is 2. The zero-order chi connectivity index (χ0) is 14.7. The van der Waals surface area contributed by atoms with Gasteiger partial charge in [-0.05, 0) is 30.3 Å². The van der Waals surface area contributed by atoms with E-state index >= 15 is 0 Å². The second-order valence-electron chi connectivity index (χ2n) is 4.02. The molecule has 0 atom stereocenters. The smallest absolute Gasteiger partial charge is 0.335 e. The summed E-state index contributed by atoms with van der Waals surface area (Å²) in [4.78, 5) is 23.5. The van der Waals surface area contributed by atoms with Crippen LogP contribution >= 0.6 is 0 Å². The topological polar surface area (TPSA) is 104 Å². The number of phenols is 1. The van der Waals surface area contributed by atoms with Crippen LogP contribution in [-0.4, -0.2) is 22.2 Å². The molecule has 0 heterocycles. The number of amides is 2. The van der Waals surface area contributed by atoms with Gasteiger partial charge in [-0.3, -0.25) is 4.90 Å². The van der Waals surface area contributed by atoms with Crippen molar-refractivity contribution in [3.63, 3.8) is 0 Å². The van der Waals surface area contributed by atoms with E-state index in [4.69, 9.17) is 10.8 Å². The zero-order valence-corrected chi connectivity index (χ0v) is 10.4. The molecule has 6 nitrogen and oxygen atoms in total. The highest BCUT2D eigenvalue weighted by atomic mass is 16.4. The quantitative estimate of drug-likeness (QED) is 0.797. The predicted octanol–water partition coefficient (Wildman–Crippen LogP) is 2.31. The standard InChI is InChI=1S/C14H12N2O4/c15-14(20)16(10-4-2-1-3-5-10)11-7-6-9(13(18)19)8-12(11)17/h1-8,17H,(H2,15,20)(H,18,19). The van der Waals surface area contributed by atoms with Crippen LogP contribution in [0.25, 0.3) is 0 Å². The van der Waals surface area contributed by atoms with Gasteiger partial charge in [0.2, 0.25) is 0 Å². The fourth-order valence-electron chi connectivity index (χ4n) is 1.81. The summed E-state index contributed by atoms with van der Waals surface area (Å²) in [7, 11) is 0. The molecule has 0 aliphatic rings. The van der Waals surface area contributed by atoms with E-state index in [0.717, 1.165) is 11.0 Å². The van der Waals surface area contributed by atoms with Gasteiger partial charge < -0.3 is 15.9 Å². The van der Waals surface area contributed by atoms with Gasteiger partial charge in [0.05, 0.1) is 16.9 Å². The molecule has 0 spiro atoms. The van der Waals surface area contributed by atoms with Gasteiger partial charge in [0.25, 0.3) is 0 Å². The normalized spacial score (nSPS) is 10.0. The summed E-state index contributed by atoms with van der Waals surface area (Å²) in [5.74, 6) is -1.51. The lowest BCUT2D eigenvalue weighted by atomic mass is 10.1. The molecule has 0 aliphatic carbocycles. The lowest BCUT2D eigenvalue weighted by Crippen LogP contribution is -2.31. The Kier molecular flexibility index (Phi) is 3.56. The molecule has 2 rings (SSSR count). The lowest BCUT2D eigenvalue weighted by molar-refractivity contribution is 0.0696. The van der Waals surface area contributed by atoms with E-state index < -0.39 is 12.0 Å². The number of para-hydroxylation sites is 1. The van der Waals surface area contributed by atoms with Crippen molar-refractivity contribution in [2.75, 3.05) is 4.90 Å². The molecule has 6 heteroatoms. The number of carbonyl (C=O) groups excluding carboxylic acids is 1. The van der Waals surface area contributed by atoms with Crippen LogP contribution in [0.3, 0.4) is 0 Å². The summed E-state index contributed by atoms with van der Waals surface area (Å²) in [6.07, 6.45) is 0. The maximum Gasteiger partial charge on any atom is 0.335 e. The van der Waals surface area contributed by atoms with E-state index in [0.29, 0.717) is 5.69 Å². The van der Waals surface area contributed by atoms with Gasteiger partial charge in [0.15, 0.2) is 0 Å². The molecule has 0 fully saturated rings. The van der Waals surface area contributed by atoms with Gasteiger partial charge in [-0.25, -0.2) is 9.59 Å². The number of aromatic carboxylic acids is 1. The summed E-state index contributed by atoms with van der Waals surface area (Å²) < 4.78 is 0. The molecule has 2 aromatic rings. The van der Waals surface area contributed by atoms with E-state index in [9.17, 15) is 14.7 Å². The highest BCUT2D eigenvalue weighted by Crippen LogP contribution is 2.33. The highest BCUT2D eigenvalue weighted by molar-refractivity contribution is 6.00. The van der Waals surface area contributed by atoms with Crippen molar-refractivity contribution >= 4 is 23.4 Å².